The van der Waals surface area contributed by atoms with Crippen LogP contribution in [0.5, 0.6) is 0 Å². The minimum atomic E-state index is -0.481. The number of ketones is 1. The summed E-state index contributed by atoms with van der Waals surface area (Å²) in [5.74, 6) is 1.90. The van der Waals surface area contributed by atoms with Gasteiger partial charge in [-0.25, -0.2) is 0 Å². The van der Waals surface area contributed by atoms with E-state index >= 15 is 0 Å². The highest BCUT2D eigenvalue weighted by molar-refractivity contribution is 5.83. The molecule has 3 heteroatoms. The van der Waals surface area contributed by atoms with Gasteiger partial charge in [0.1, 0.15) is 5.78 Å². The van der Waals surface area contributed by atoms with Crippen molar-refractivity contribution in [3.05, 3.63) is 22.8 Å². The van der Waals surface area contributed by atoms with Crippen molar-refractivity contribution in [1.29, 1.82) is 5.26 Å². The standard InChI is InChI=1S/C21H27NO2/c1-21-10-8-16-15-5-3-14(23)12-13(15)2-4-17(16)18(21)6-7-19(21)20(24)9-11-22/h8,17-20,24H,2-7,9-10,12H2,1H3/t17-,18?,19?,20?,21?/m1/s1. The molecule has 4 aliphatic rings. The second-order valence-corrected chi connectivity index (χ2v) is 8.53. The molecule has 0 aliphatic heterocycles. The molecule has 0 bridgehead atoms. The number of aliphatic hydroxyl groups excluding tert-OH is 1. The lowest BCUT2D eigenvalue weighted by molar-refractivity contribution is -0.118. The smallest absolute Gasteiger partial charge is 0.137 e. The van der Waals surface area contributed by atoms with Crippen molar-refractivity contribution in [2.24, 2.45) is 23.2 Å². The van der Waals surface area contributed by atoms with Crippen molar-refractivity contribution < 1.29 is 9.90 Å². The van der Waals surface area contributed by atoms with E-state index in [1.165, 1.54) is 24.0 Å². The Kier molecular flexibility index (Phi) is 3.92. The van der Waals surface area contributed by atoms with Gasteiger partial charge >= 0.3 is 0 Å². The van der Waals surface area contributed by atoms with Crippen LogP contribution in [0.25, 0.3) is 0 Å². The first-order valence-corrected chi connectivity index (χ1v) is 9.52. The fourth-order valence-electron chi connectivity index (χ4n) is 6.32. The lowest BCUT2D eigenvalue weighted by Gasteiger charge is -2.48. The predicted octanol–water partition coefficient (Wildman–Crippen LogP) is 4.08. The molecule has 5 atom stereocenters. The molecule has 0 aromatic rings. The molecule has 0 spiro atoms. The number of aliphatic hydroxyl groups is 1. The van der Waals surface area contributed by atoms with Gasteiger partial charge in [0.25, 0.3) is 0 Å². The Morgan fingerprint density at radius 2 is 2.17 bits per heavy atom. The topological polar surface area (TPSA) is 61.1 Å². The van der Waals surface area contributed by atoms with Crippen LogP contribution in [0.4, 0.5) is 0 Å². The van der Waals surface area contributed by atoms with Crippen LogP contribution in [0.1, 0.15) is 64.7 Å². The number of carbonyl (C=O) groups is 1. The van der Waals surface area contributed by atoms with Gasteiger partial charge in [-0.3, -0.25) is 4.79 Å². The second kappa shape index (κ2) is 5.85. The number of carbonyl (C=O) groups excluding carboxylic acids is 1. The average Bonchev–Trinajstić information content (AvgIpc) is 2.92. The van der Waals surface area contributed by atoms with Gasteiger partial charge in [-0.1, -0.05) is 18.6 Å². The number of Topliss-reactive ketones (excluding diaryl/α,β-unsaturated/α-hetero) is 1. The molecule has 0 aromatic heterocycles. The van der Waals surface area contributed by atoms with Crippen LogP contribution in [0.3, 0.4) is 0 Å². The van der Waals surface area contributed by atoms with E-state index in [1.807, 2.05) is 0 Å². The molecule has 128 valence electrons. The fraction of sp³-hybridized carbons (Fsp3) is 0.714. The summed E-state index contributed by atoms with van der Waals surface area (Å²) in [5, 5.41) is 19.4. The largest absolute Gasteiger partial charge is 0.392 e. The molecule has 0 radical (unpaired) electrons. The van der Waals surface area contributed by atoms with Gasteiger partial charge in [0.2, 0.25) is 0 Å². The Labute approximate surface area is 144 Å². The lowest BCUT2D eigenvalue weighted by Crippen LogP contribution is -2.42. The van der Waals surface area contributed by atoms with Gasteiger partial charge in [0, 0.05) is 12.8 Å². The summed E-state index contributed by atoms with van der Waals surface area (Å²) in [5.41, 5.74) is 4.60. The van der Waals surface area contributed by atoms with Crippen molar-refractivity contribution in [2.45, 2.75) is 70.8 Å². The van der Waals surface area contributed by atoms with Crippen LogP contribution >= 0.6 is 0 Å². The number of hydrogen-bond acceptors (Lipinski definition) is 3. The van der Waals surface area contributed by atoms with Gasteiger partial charge in [-0.05, 0) is 72.8 Å². The summed E-state index contributed by atoms with van der Waals surface area (Å²) < 4.78 is 0. The summed E-state index contributed by atoms with van der Waals surface area (Å²) >= 11 is 0. The molecule has 3 nitrogen and oxygen atoms in total. The van der Waals surface area contributed by atoms with Crippen LogP contribution in [0.2, 0.25) is 0 Å². The van der Waals surface area contributed by atoms with E-state index in [2.05, 4.69) is 19.1 Å². The Balaban J connectivity index is 1.65. The maximum absolute atomic E-state index is 11.8. The van der Waals surface area contributed by atoms with Crippen LogP contribution in [-0.4, -0.2) is 17.0 Å². The van der Waals surface area contributed by atoms with E-state index in [1.54, 1.807) is 5.57 Å². The highest BCUT2D eigenvalue weighted by Gasteiger charge is 2.54. The van der Waals surface area contributed by atoms with Crippen LogP contribution in [0.15, 0.2) is 22.8 Å². The van der Waals surface area contributed by atoms with Crippen LogP contribution in [0, 0.1) is 34.5 Å². The van der Waals surface area contributed by atoms with Crippen LogP contribution < -0.4 is 0 Å². The summed E-state index contributed by atoms with van der Waals surface area (Å²) in [7, 11) is 0. The first kappa shape index (κ1) is 16.1. The van der Waals surface area contributed by atoms with E-state index in [-0.39, 0.29) is 17.8 Å². The molecule has 4 rings (SSSR count). The second-order valence-electron chi connectivity index (χ2n) is 8.53. The molecule has 1 saturated carbocycles. The molecular weight excluding hydrogens is 298 g/mol. The zero-order valence-electron chi connectivity index (χ0n) is 14.6. The summed E-state index contributed by atoms with van der Waals surface area (Å²) in [6, 6.07) is 2.15. The van der Waals surface area contributed by atoms with E-state index in [0.29, 0.717) is 30.5 Å². The third kappa shape index (κ3) is 2.30. The Morgan fingerprint density at radius 1 is 1.33 bits per heavy atom. The number of rotatable bonds is 2. The first-order valence-electron chi connectivity index (χ1n) is 9.52. The summed E-state index contributed by atoms with van der Waals surface area (Å²) in [6.07, 6.45) is 10.0. The minimum Gasteiger partial charge on any atom is -0.392 e. The van der Waals surface area contributed by atoms with E-state index in [0.717, 1.165) is 25.7 Å². The van der Waals surface area contributed by atoms with E-state index in [9.17, 15) is 9.90 Å². The highest BCUT2D eigenvalue weighted by atomic mass is 16.3. The number of fused-ring (bicyclic) bond motifs is 4. The number of allylic oxidation sites excluding steroid dienone is 4. The Morgan fingerprint density at radius 3 is 2.96 bits per heavy atom. The maximum Gasteiger partial charge on any atom is 0.137 e. The van der Waals surface area contributed by atoms with E-state index < -0.39 is 6.10 Å². The normalized spacial score (nSPS) is 39.5. The van der Waals surface area contributed by atoms with Gasteiger partial charge in [-0.15, -0.1) is 0 Å². The molecule has 24 heavy (non-hydrogen) atoms. The van der Waals surface area contributed by atoms with Crippen molar-refractivity contribution >= 4 is 5.78 Å². The van der Waals surface area contributed by atoms with Crippen molar-refractivity contribution in [1.82, 2.24) is 0 Å². The van der Waals surface area contributed by atoms with Gasteiger partial charge in [0.15, 0.2) is 0 Å². The molecular formula is C21H27NO2. The molecule has 0 saturated heterocycles. The highest BCUT2D eigenvalue weighted by Crippen LogP contribution is 2.61. The Hall–Kier alpha value is -1.40. The zero-order valence-corrected chi connectivity index (χ0v) is 14.6. The van der Waals surface area contributed by atoms with Crippen molar-refractivity contribution in [3.63, 3.8) is 0 Å². The molecule has 0 heterocycles. The van der Waals surface area contributed by atoms with E-state index in [4.69, 9.17) is 5.26 Å². The van der Waals surface area contributed by atoms with Gasteiger partial charge < -0.3 is 5.11 Å². The monoisotopic (exact) mass is 325 g/mol. The molecule has 1 N–H and O–H groups in total. The average molecular weight is 325 g/mol. The number of hydrogen-bond donors (Lipinski definition) is 1. The SMILES string of the molecule is CC12CC=C3C4=C(CC[C@H]3C1CCC2C(O)CC#N)CC(=O)CC4. The van der Waals surface area contributed by atoms with Gasteiger partial charge in [-0.2, -0.15) is 5.26 Å². The van der Waals surface area contributed by atoms with Crippen molar-refractivity contribution in [2.75, 3.05) is 0 Å². The van der Waals surface area contributed by atoms with Crippen molar-refractivity contribution in [3.8, 4) is 6.07 Å². The third-order valence-electron chi connectivity index (χ3n) is 7.49. The molecule has 4 aliphatic carbocycles. The lowest BCUT2D eigenvalue weighted by atomic mass is 9.56. The molecule has 4 unspecified atom stereocenters. The quantitative estimate of drug-likeness (QED) is 0.832. The maximum atomic E-state index is 11.8. The van der Waals surface area contributed by atoms with Gasteiger partial charge in [0.05, 0.1) is 18.6 Å². The molecule has 1 fully saturated rings. The zero-order chi connectivity index (χ0) is 16.9. The predicted molar refractivity (Wildman–Crippen MR) is 91.9 cm³/mol. The minimum absolute atomic E-state index is 0.132. The van der Waals surface area contributed by atoms with Crippen LogP contribution in [-0.2, 0) is 4.79 Å². The molecule has 0 aromatic carbocycles. The number of nitrogens with zero attached hydrogens (tertiary/aromatic N) is 1. The first-order chi connectivity index (χ1) is 11.5. The summed E-state index contributed by atoms with van der Waals surface area (Å²) in [6.45, 7) is 2.34. The third-order valence-corrected chi connectivity index (χ3v) is 7.49. The summed E-state index contributed by atoms with van der Waals surface area (Å²) in [4.78, 5) is 11.8. The molecule has 0 amide bonds. The Bertz CT molecular complexity index is 668. The fourth-order valence-corrected chi connectivity index (χ4v) is 6.32. The number of nitriles is 1.